The molecule has 0 bridgehead atoms. The van der Waals surface area contributed by atoms with Crippen LogP contribution in [0.15, 0.2) is 0 Å². The molecule has 0 N–H and O–H groups in total. The maximum Gasteiger partial charge on any atom is 0.523 e. The maximum absolute atomic E-state index is 12.1. The molecule has 0 radical (unpaired) electrons. The van der Waals surface area contributed by atoms with Gasteiger partial charge in [-0.2, -0.15) is 21.6 Å². The molecule has 1 rings (SSSR count). The van der Waals surface area contributed by atoms with Gasteiger partial charge in [0, 0.05) is 0 Å². The Balaban J connectivity index is 2.84. The Kier molecular flexibility index (Phi) is 4.60. The Hall–Kier alpha value is -0.830. The smallest absolute Gasteiger partial charge is 0.523 e. The number of aliphatic carboxylic acids is 1. The fraction of sp³-hybridized carbons (Fsp3) is 0.889. The molecule has 5 nitrogen and oxygen atoms in total. The van der Waals surface area contributed by atoms with Crippen LogP contribution < -0.4 is 5.11 Å². The van der Waals surface area contributed by atoms with Crippen LogP contribution in [0.2, 0.25) is 0 Å². The van der Waals surface area contributed by atoms with Gasteiger partial charge >= 0.3 is 15.6 Å². The van der Waals surface area contributed by atoms with Crippen molar-refractivity contribution in [3.8, 4) is 0 Å². The quantitative estimate of drug-likeness (QED) is 0.557. The summed E-state index contributed by atoms with van der Waals surface area (Å²) in [6.45, 7) is 0. The minimum Gasteiger partial charge on any atom is -0.547 e. The van der Waals surface area contributed by atoms with Crippen molar-refractivity contribution >= 4 is 16.1 Å². The van der Waals surface area contributed by atoms with Crippen LogP contribution in [0.5, 0.6) is 0 Å². The fourth-order valence-corrected chi connectivity index (χ4v) is 2.56. The molecule has 0 aliphatic heterocycles. The van der Waals surface area contributed by atoms with Gasteiger partial charge in [0.2, 0.25) is 0 Å². The lowest BCUT2D eigenvalue weighted by Crippen LogP contribution is -2.46. The Bertz CT molecular complexity index is 397. The van der Waals surface area contributed by atoms with Crippen LogP contribution in [0.4, 0.5) is 13.2 Å². The lowest BCUT2D eigenvalue weighted by molar-refractivity contribution is -0.316. The lowest BCUT2D eigenvalue weighted by Gasteiger charge is -2.30. The molecule has 1 atom stereocenters. The first-order valence-electron chi connectivity index (χ1n) is 5.35. The van der Waals surface area contributed by atoms with Crippen LogP contribution in [0.1, 0.15) is 32.1 Å². The normalized spacial score (nSPS) is 20.6. The number of hydrogen-bond donors (Lipinski definition) is 0. The summed E-state index contributed by atoms with van der Waals surface area (Å²) in [6, 6.07) is 0. The predicted molar refractivity (Wildman–Crippen MR) is 51.4 cm³/mol. The second kappa shape index (κ2) is 5.43. The number of hydrogen-bond acceptors (Lipinski definition) is 5. The lowest BCUT2D eigenvalue weighted by atomic mass is 9.85. The molecule has 1 aliphatic rings. The number of carboxylic acids is 1. The van der Waals surface area contributed by atoms with Crippen LogP contribution in [0.3, 0.4) is 0 Å². The highest BCUT2D eigenvalue weighted by Gasteiger charge is 2.49. The zero-order chi connectivity index (χ0) is 14.0. The highest BCUT2D eigenvalue weighted by atomic mass is 32.2. The third-order valence-electron chi connectivity index (χ3n) is 2.82. The number of carbonyl (C=O) groups excluding carboxylic acids is 1. The fourth-order valence-electron chi connectivity index (χ4n) is 1.94. The van der Waals surface area contributed by atoms with E-state index in [2.05, 4.69) is 4.18 Å². The molecule has 0 aromatic carbocycles. The van der Waals surface area contributed by atoms with Crippen molar-refractivity contribution < 1.29 is 35.7 Å². The molecule has 0 spiro atoms. The number of carboxylic acid groups (broad SMARTS) is 1. The SMILES string of the molecule is O=C([O-])[C@@H](OS(=O)(=O)C(F)(F)F)C1CCCCC1. The van der Waals surface area contributed by atoms with E-state index in [1.165, 1.54) is 0 Å². The zero-order valence-corrected chi connectivity index (χ0v) is 10.1. The molecule has 9 heteroatoms. The highest BCUT2D eigenvalue weighted by molar-refractivity contribution is 7.87. The van der Waals surface area contributed by atoms with Gasteiger partial charge in [-0.1, -0.05) is 19.3 Å². The largest absolute Gasteiger partial charge is 0.547 e. The minimum absolute atomic E-state index is 0.312. The average Bonchev–Trinajstić information content (AvgIpc) is 2.25. The average molecular weight is 289 g/mol. The second-order valence-corrected chi connectivity index (χ2v) is 5.70. The van der Waals surface area contributed by atoms with Crippen molar-refractivity contribution in [3.63, 3.8) is 0 Å². The van der Waals surface area contributed by atoms with E-state index < -0.39 is 33.6 Å². The van der Waals surface area contributed by atoms with Gasteiger partial charge in [0.25, 0.3) is 0 Å². The third-order valence-corrected chi connectivity index (χ3v) is 3.85. The standard InChI is InChI=1S/C9H13F3O5S/c10-9(11,12)18(15,16)17-7(8(13)14)6-4-2-1-3-5-6/h6-7H,1-5H2,(H,13,14)/p-1/t7-/m0/s1. The summed E-state index contributed by atoms with van der Waals surface area (Å²) in [5.41, 5.74) is -5.63. The molecular weight excluding hydrogens is 277 g/mol. The molecule has 0 unspecified atom stereocenters. The van der Waals surface area contributed by atoms with E-state index in [0.717, 1.165) is 6.42 Å². The first-order chi connectivity index (χ1) is 8.15. The summed E-state index contributed by atoms with van der Waals surface area (Å²) < 4.78 is 61.6. The third kappa shape index (κ3) is 3.58. The molecular formula is C9H12F3O5S-. The minimum atomic E-state index is -5.91. The van der Waals surface area contributed by atoms with Crippen LogP contribution in [-0.2, 0) is 19.1 Å². The van der Waals surface area contributed by atoms with E-state index in [0.29, 0.717) is 25.7 Å². The Labute approximate surface area is 102 Å². The van der Waals surface area contributed by atoms with Gasteiger partial charge in [-0.3, -0.25) is 4.18 Å². The summed E-state index contributed by atoms with van der Waals surface area (Å²) in [6.07, 6.45) is 0.644. The molecule has 18 heavy (non-hydrogen) atoms. The molecule has 0 aromatic rings. The van der Waals surface area contributed by atoms with E-state index in [1.807, 2.05) is 0 Å². The summed E-state index contributed by atoms with van der Waals surface area (Å²) >= 11 is 0. The first-order valence-corrected chi connectivity index (χ1v) is 6.76. The number of carbonyl (C=O) groups is 1. The summed E-state index contributed by atoms with van der Waals surface area (Å²) in [7, 11) is -5.91. The van der Waals surface area contributed by atoms with E-state index in [9.17, 15) is 31.5 Å². The molecule has 0 aromatic heterocycles. The number of alkyl halides is 3. The van der Waals surface area contributed by atoms with Crippen LogP contribution in [0, 0.1) is 5.92 Å². The molecule has 1 fully saturated rings. The molecule has 1 saturated carbocycles. The maximum atomic E-state index is 12.1. The number of halogens is 3. The van der Waals surface area contributed by atoms with Crippen molar-refractivity contribution in [2.45, 2.75) is 43.7 Å². The van der Waals surface area contributed by atoms with Gasteiger partial charge in [0.05, 0.1) is 5.97 Å². The van der Waals surface area contributed by atoms with E-state index >= 15 is 0 Å². The van der Waals surface area contributed by atoms with Gasteiger partial charge in [-0.05, 0) is 18.8 Å². The van der Waals surface area contributed by atoms with Gasteiger partial charge in [-0.25, -0.2) is 0 Å². The van der Waals surface area contributed by atoms with E-state index in [1.54, 1.807) is 0 Å². The second-order valence-electron chi connectivity index (χ2n) is 4.13. The molecule has 0 heterocycles. The van der Waals surface area contributed by atoms with Crippen LogP contribution >= 0.6 is 0 Å². The van der Waals surface area contributed by atoms with Gasteiger partial charge in [0.15, 0.2) is 0 Å². The van der Waals surface area contributed by atoms with Crippen molar-refractivity contribution in [1.29, 1.82) is 0 Å². The molecule has 0 saturated heterocycles. The molecule has 0 amide bonds. The Morgan fingerprint density at radius 2 is 1.72 bits per heavy atom. The van der Waals surface area contributed by atoms with Crippen molar-refractivity contribution in [2.24, 2.45) is 5.92 Å². The highest BCUT2D eigenvalue weighted by Crippen LogP contribution is 2.32. The Morgan fingerprint density at radius 1 is 1.22 bits per heavy atom. The van der Waals surface area contributed by atoms with Crippen molar-refractivity contribution in [3.05, 3.63) is 0 Å². The summed E-state index contributed by atoms with van der Waals surface area (Å²) in [5, 5.41) is 10.7. The zero-order valence-electron chi connectivity index (χ0n) is 9.27. The number of rotatable bonds is 4. The topological polar surface area (TPSA) is 83.5 Å². The summed E-state index contributed by atoms with van der Waals surface area (Å²) in [4.78, 5) is 10.7. The van der Waals surface area contributed by atoms with Crippen LogP contribution in [0.25, 0.3) is 0 Å². The summed E-state index contributed by atoms with van der Waals surface area (Å²) in [5.74, 6) is -2.70. The van der Waals surface area contributed by atoms with Crippen LogP contribution in [-0.4, -0.2) is 26.0 Å². The predicted octanol–water partition coefficient (Wildman–Crippen LogP) is 0.551. The van der Waals surface area contributed by atoms with Crippen molar-refractivity contribution in [1.82, 2.24) is 0 Å². The Morgan fingerprint density at radius 3 is 2.11 bits per heavy atom. The molecule has 106 valence electrons. The van der Waals surface area contributed by atoms with Gasteiger partial charge in [0.1, 0.15) is 6.10 Å². The van der Waals surface area contributed by atoms with Crippen molar-refractivity contribution in [2.75, 3.05) is 0 Å². The monoisotopic (exact) mass is 289 g/mol. The molecule has 1 aliphatic carbocycles. The van der Waals surface area contributed by atoms with E-state index in [-0.39, 0.29) is 0 Å². The van der Waals surface area contributed by atoms with E-state index in [4.69, 9.17) is 0 Å². The van der Waals surface area contributed by atoms with Gasteiger partial charge < -0.3 is 9.90 Å². The first kappa shape index (κ1) is 15.2. The van der Waals surface area contributed by atoms with Gasteiger partial charge in [-0.15, -0.1) is 0 Å².